The molecule has 0 aliphatic heterocycles. The molecule has 0 radical (unpaired) electrons. The van der Waals surface area contributed by atoms with E-state index < -0.39 is 0 Å². The highest BCUT2D eigenvalue weighted by atomic mass is 79.9. The third-order valence-corrected chi connectivity index (χ3v) is 3.77. The molecule has 0 atom stereocenters. The second kappa shape index (κ2) is 5.41. The second-order valence-electron chi connectivity index (χ2n) is 3.41. The maximum absolute atomic E-state index is 9.16. The fourth-order valence-electron chi connectivity index (χ4n) is 1.29. The molecule has 0 saturated carbocycles. The van der Waals surface area contributed by atoms with Crippen LogP contribution >= 0.6 is 27.7 Å². The highest BCUT2D eigenvalue weighted by molar-refractivity contribution is 9.10. The second-order valence-corrected chi connectivity index (χ2v) is 5.37. The average Bonchev–Trinajstić information content (AvgIpc) is 2.30. The molecule has 0 spiro atoms. The molecule has 0 aromatic heterocycles. The molecule has 2 aromatic carbocycles. The number of thioether (sulfide) groups is 1. The van der Waals surface area contributed by atoms with Gasteiger partial charge in [0.25, 0.3) is 0 Å². The Bertz CT molecular complexity index is 405. The van der Waals surface area contributed by atoms with Gasteiger partial charge in [0, 0.05) is 15.1 Å². The van der Waals surface area contributed by atoms with E-state index in [0.717, 1.165) is 10.2 Å². The highest BCUT2D eigenvalue weighted by Gasteiger charge is 1.96. The summed E-state index contributed by atoms with van der Waals surface area (Å²) in [5, 5.41) is 9.16. The third kappa shape index (κ3) is 3.29. The molecule has 82 valence electrons. The van der Waals surface area contributed by atoms with Gasteiger partial charge >= 0.3 is 0 Å². The van der Waals surface area contributed by atoms with E-state index in [-0.39, 0.29) is 0 Å². The third-order valence-electron chi connectivity index (χ3n) is 2.16. The Kier molecular flexibility index (Phi) is 3.91. The van der Waals surface area contributed by atoms with Crippen LogP contribution in [-0.2, 0) is 5.75 Å². The number of benzene rings is 2. The van der Waals surface area contributed by atoms with Gasteiger partial charge in [-0.2, -0.15) is 0 Å². The molecular formula is C13H11BrOS. The lowest BCUT2D eigenvalue weighted by Gasteiger charge is -2.02. The van der Waals surface area contributed by atoms with E-state index in [1.165, 1.54) is 10.5 Å². The van der Waals surface area contributed by atoms with E-state index in [9.17, 15) is 0 Å². The molecule has 2 rings (SSSR count). The maximum Gasteiger partial charge on any atom is 0.115 e. The Morgan fingerprint density at radius 1 is 0.938 bits per heavy atom. The summed E-state index contributed by atoms with van der Waals surface area (Å²) in [4.78, 5) is 1.17. The van der Waals surface area contributed by atoms with Crippen LogP contribution < -0.4 is 0 Å². The molecule has 0 heterocycles. The van der Waals surface area contributed by atoms with Crippen LogP contribution in [0.5, 0.6) is 5.75 Å². The van der Waals surface area contributed by atoms with Crippen LogP contribution in [0.2, 0.25) is 0 Å². The van der Waals surface area contributed by atoms with Gasteiger partial charge in [0.2, 0.25) is 0 Å². The summed E-state index contributed by atoms with van der Waals surface area (Å²) in [7, 11) is 0. The molecule has 1 N–H and O–H groups in total. The van der Waals surface area contributed by atoms with Gasteiger partial charge in [-0.1, -0.05) is 28.1 Å². The average molecular weight is 295 g/mol. The Balaban J connectivity index is 1.97. The van der Waals surface area contributed by atoms with Crippen molar-refractivity contribution >= 4 is 27.7 Å². The molecule has 0 fully saturated rings. The van der Waals surface area contributed by atoms with Crippen molar-refractivity contribution in [3.8, 4) is 5.75 Å². The molecule has 0 unspecified atom stereocenters. The van der Waals surface area contributed by atoms with Crippen LogP contribution in [0.25, 0.3) is 0 Å². The van der Waals surface area contributed by atoms with Gasteiger partial charge in [-0.25, -0.2) is 0 Å². The summed E-state index contributed by atoms with van der Waals surface area (Å²) in [6.07, 6.45) is 0. The molecular weight excluding hydrogens is 284 g/mol. The Morgan fingerprint density at radius 2 is 1.56 bits per heavy atom. The highest BCUT2D eigenvalue weighted by Crippen LogP contribution is 2.25. The zero-order valence-corrected chi connectivity index (χ0v) is 11.0. The Hall–Kier alpha value is -0.930. The van der Waals surface area contributed by atoms with Gasteiger partial charge in [0.05, 0.1) is 0 Å². The lowest BCUT2D eigenvalue weighted by Crippen LogP contribution is -1.79. The van der Waals surface area contributed by atoms with Gasteiger partial charge in [-0.3, -0.25) is 0 Å². The molecule has 0 saturated heterocycles. The molecule has 0 bridgehead atoms. The predicted octanol–water partition coefficient (Wildman–Crippen LogP) is 4.45. The largest absolute Gasteiger partial charge is 0.508 e. The quantitative estimate of drug-likeness (QED) is 0.844. The van der Waals surface area contributed by atoms with Crippen molar-refractivity contribution in [2.24, 2.45) is 0 Å². The monoisotopic (exact) mass is 294 g/mol. The van der Waals surface area contributed by atoms with E-state index in [1.807, 2.05) is 24.3 Å². The first-order chi connectivity index (χ1) is 7.74. The molecule has 16 heavy (non-hydrogen) atoms. The van der Waals surface area contributed by atoms with Crippen molar-refractivity contribution in [3.05, 3.63) is 58.6 Å². The van der Waals surface area contributed by atoms with Crippen molar-refractivity contribution in [1.29, 1.82) is 0 Å². The van der Waals surface area contributed by atoms with Crippen molar-refractivity contribution in [1.82, 2.24) is 0 Å². The summed E-state index contributed by atoms with van der Waals surface area (Å²) in [5.41, 5.74) is 1.29. The van der Waals surface area contributed by atoms with Crippen molar-refractivity contribution in [3.63, 3.8) is 0 Å². The molecule has 3 heteroatoms. The first-order valence-electron chi connectivity index (χ1n) is 4.90. The number of halogens is 1. The van der Waals surface area contributed by atoms with Crippen LogP contribution in [0.3, 0.4) is 0 Å². The van der Waals surface area contributed by atoms with Crippen molar-refractivity contribution in [2.45, 2.75) is 10.6 Å². The number of aromatic hydroxyl groups is 1. The summed E-state index contributed by atoms with van der Waals surface area (Å²) < 4.78 is 1.10. The van der Waals surface area contributed by atoms with E-state index in [0.29, 0.717) is 5.75 Å². The summed E-state index contributed by atoms with van der Waals surface area (Å²) in [6.45, 7) is 0. The molecule has 0 aliphatic rings. The first-order valence-corrected chi connectivity index (χ1v) is 6.68. The number of hydrogen-bond acceptors (Lipinski definition) is 2. The van der Waals surface area contributed by atoms with E-state index in [2.05, 4.69) is 28.1 Å². The summed E-state index contributed by atoms with van der Waals surface area (Å²) >= 11 is 5.18. The van der Waals surface area contributed by atoms with Gasteiger partial charge < -0.3 is 5.11 Å². The molecule has 0 amide bonds. The topological polar surface area (TPSA) is 20.2 Å². The fraction of sp³-hybridized carbons (Fsp3) is 0.0769. The number of rotatable bonds is 3. The van der Waals surface area contributed by atoms with Crippen LogP contribution in [0.15, 0.2) is 57.9 Å². The van der Waals surface area contributed by atoms with Gasteiger partial charge in [-0.15, -0.1) is 11.8 Å². The zero-order valence-electron chi connectivity index (χ0n) is 8.56. The SMILES string of the molecule is Oc1ccc(SCc2ccc(Br)cc2)cc1. The minimum atomic E-state index is 0.313. The maximum atomic E-state index is 9.16. The van der Waals surface area contributed by atoms with Gasteiger partial charge in [0.15, 0.2) is 0 Å². The van der Waals surface area contributed by atoms with Crippen LogP contribution in [0, 0.1) is 0 Å². The van der Waals surface area contributed by atoms with Gasteiger partial charge in [0.1, 0.15) is 5.75 Å². The van der Waals surface area contributed by atoms with E-state index >= 15 is 0 Å². The zero-order chi connectivity index (χ0) is 11.4. The number of phenols is 1. The summed E-state index contributed by atoms with van der Waals surface area (Å²) in [5.74, 6) is 1.26. The molecule has 2 aromatic rings. The minimum Gasteiger partial charge on any atom is -0.508 e. The van der Waals surface area contributed by atoms with Crippen molar-refractivity contribution < 1.29 is 5.11 Å². The fourth-order valence-corrected chi connectivity index (χ4v) is 2.41. The number of hydrogen-bond donors (Lipinski definition) is 1. The van der Waals surface area contributed by atoms with Gasteiger partial charge in [-0.05, 0) is 42.0 Å². The Morgan fingerprint density at radius 3 is 2.19 bits per heavy atom. The summed E-state index contributed by atoms with van der Waals surface area (Å²) in [6, 6.07) is 15.6. The number of phenolic OH excluding ortho intramolecular Hbond substituents is 1. The van der Waals surface area contributed by atoms with E-state index in [4.69, 9.17) is 5.11 Å². The van der Waals surface area contributed by atoms with Crippen molar-refractivity contribution in [2.75, 3.05) is 0 Å². The predicted molar refractivity (Wildman–Crippen MR) is 71.8 cm³/mol. The Labute approximate surface area is 108 Å². The lowest BCUT2D eigenvalue weighted by atomic mass is 10.2. The smallest absolute Gasteiger partial charge is 0.115 e. The van der Waals surface area contributed by atoms with E-state index in [1.54, 1.807) is 23.9 Å². The first kappa shape index (κ1) is 11.6. The minimum absolute atomic E-state index is 0.313. The van der Waals surface area contributed by atoms with Crippen LogP contribution in [0.1, 0.15) is 5.56 Å². The standard InChI is InChI=1S/C13H11BrOS/c14-11-3-1-10(2-4-11)9-16-13-7-5-12(15)6-8-13/h1-8,15H,9H2. The normalized spacial score (nSPS) is 10.3. The lowest BCUT2D eigenvalue weighted by molar-refractivity contribution is 0.475. The molecule has 1 nitrogen and oxygen atoms in total. The van der Waals surface area contributed by atoms with Crippen LogP contribution in [0.4, 0.5) is 0 Å². The molecule has 0 aliphatic carbocycles. The van der Waals surface area contributed by atoms with Crippen LogP contribution in [-0.4, -0.2) is 5.11 Å².